The first-order valence-electron chi connectivity index (χ1n) is 12.6. The van der Waals surface area contributed by atoms with Gasteiger partial charge in [0, 0.05) is 42.5 Å². The average molecular weight is 570 g/mol. The predicted molar refractivity (Wildman–Crippen MR) is 153 cm³/mol. The SMILES string of the molecule is CC(C)(C)C(=O)NC(CCN1CCC2(CC1)CCN(Cc1cccnc1)C2=O)c1cccc(Cl)c1.Cl.Cl. The highest BCUT2D eigenvalue weighted by Crippen LogP contribution is 2.42. The second-order valence-corrected chi connectivity index (χ2v) is 11.5. The molecule has 0 bridgehead atoms. The Labute approximate surface area is 238 Å². The van der Waals surface area contributed by atoms with Crippen LogP contribution in [0.5, 0.6) is 0 Å². The summed E-state index contributed by atoms with van der Waals surface area (Å²) < 4.78 is 0. The Morgan fingerprint density at radius 3 is 2.43 bits per heavy atom. The van der Waals surface area contributed by atoms with Gasteiger partial charge in [-0.2, -0.15) is 0 Å². The van der Waals surface area contributed by atoms with Crippen molar-refractivity contribution in [2.45, 2.75) is 59.0 Å². The number of hydrogen-bond acceptors (Lipinski definition) is 4. The molecule has 2 amide bonds. The number of pyridine rings is 1. The van der Waals surface area contributed by atoms with Crippen LogP contribution in [0.1, 0.15) is 63.6 Å². The van der Waals surface area contributed by atoms with Crippen LogP contribution < -0.4 is 5.32 Å². The van der Waals surface area contributed by atoms with Crippen molar-refractivity contribution in [2.75, 3.05) is 26.2 Å². The van der Waals surface area contributed by atoms with Crippen molar-refractivity contribution in [3.8, 4) is 0 Å². The number of carbonyl (C=O) groups is 2. The van der Waals surface area contributed by atoms with Crippen molar-refractivity contribution in [2.24, 2.45) is 10.8 Å². The van der Waals surface area contributed by atoms with Crippen molar-refractivity contribution in [3.63, 3.8) is 0 Å². The molecular formula is C28H39Cl3N4O2. The van der Waals surface area contributed by atoms with E-state index in [2.05, 4.69) is 15.2 Å². The zero-order valence-corrected chi connectivity index (χ0v) is 24.3. The van der Waals surface area contributed by atoms with Gasteiger partial charge in [-0.1, -0.05) is 50.6 Å². The molecule has 2 aliphatic heterocycles. The van der Waals surface area contributed by atoms with Crippen molar-refractivity contribution >= 4 is 48.2 Å². The highest BCUT2D eigenvalue weighted by molar-refractivity contribution is 6.30. The fourth-order valence-electron chi connectivity index (χ4n) is 5.16. The van der Waals surface area contributed by atoms with Crippen molar-refractivity contribution < 1.29 is 9.59 Å². The lowest BCUT2D eigenvalue weighted by Crippen LogP contribution is -2.45. The van der Waals surface area contributed by atoms with Gasteiger partial charge in [0.05, 0.1) is 11.5 Å². The van der Waals surface area contributed by atoms with E-state index in [9.17, 15) is 9.59 Å². The molecule has 1 aromatic heterocycles. The van der Waals surface area contributed by atoms with E-state index in [0.29, 0.717) is 17.5 Å². The molecule has 2 fully saturated rings. The second-order valence-electron chi connectivity index (χ2n) is 11.1. The van der Waals surface area contributed by atoms with E-state index in [4.69, 9.17) is 11.6 Å². The van der Waals surface area contributed by atoms with Crippen LogP contribution in [-0.2, 0) is 16.1 Å². The first-order valence-corrected chi connectivity index (χ1v) is 13.0. The van der Waals surface area contributed by atoms with Crippen molar-refractivity contribution in [1.82, 2.24) is 20.1 Å². The molecule has 1 atom stereocenters. The van der Waals surface area contributed by atoms with Gasteiger partial charge in [0.1, 0.15) is 0 Å². The summed E-state index contributed by atoms with van der Waals surface area (Å²) in [5, 5.41) is 3.91. The van der Waals surface area contributed by atoms with Gasteiger partial charge in [0.2, 0.25) is 11.8 Å². The minimum Gasteiger partial charge on any atom is -0.349 e. The van der Waals surface area contributed by atoms with Crippen LogP contribution in [-0.4, -0.2) is 52.8 Å². The number of carbonyl (C=O) groups excluding carboxylic acids is 2. The third-order valence-corrected chi connectivity index (χ3v) is 7.72. The molecule has 2 aromatic rings. The molecule has 9 heteroatoms. The van der Waals surface area contributed by atoms with Crippen LogP contribution in [0.25, 0.3) is 0 Å². The summed E-state index contributed by atoms with van der Waals surface area (Å²) in [6.07, 6.45) is 7.13. The third kappa shape index (κ3) is 7.82. The lowest BCUT2D eigenvalue weighted by Gasteiger charge is -2.38. The molecule has 2 aliphatic rings. The lowest BCUT2D eigenvalue weighted by molar-refractivity contribution is -0.139. The standard InChI is InChI=1S/C28H37ClN4O2.2ClH/c1-27(2,3)25(34)31-24(22-7-4-8-23(29)18-22)9-14-32-15-10-28(11-16-32)12-17-33(26(28)35)20-21-6-5-13-30-19-21;;/h4-8,13,18-19,24H,9-12,14-17,20H2,1-3H3,(H,31,34);2*1H. The molecule has 6 nitrogen and oxygen atoms in total. The Kier molecular flexibility index (Phi) is 11.3. The van der Waals surface area contributed by atoms with E-state index >= 15 is 0 Å². The number of rotatable bonds is 7. The molecule has 1 aromatic carbocycles. The molecule has 2 saturated heterocycles. The summed E-state index contributed by atoms with van der Waals surface area (Å²) in [6.45, 7) is 9.93. The molecule has 0 aliphatic carbocycles. The Hall–Kier alpha value is -1.86. The van der Waals surface area contributed by atoms with Gasteiger partial charge in [0.15, 0.2) is 0 Å². The number of likely N-dealkylation sites (tertiary alicyclic amines) is 2. The first kappa shape index (κ1) is 31.4. The van der Waals surface area contributed by atoms with E-state index in [1.54, 1.807) is 6.20 Å². The first-order chi connectivity index (χ1) is 16.7. The van der Waals surface area contributed by atoms with E-state index in [1.807, 2.05) is 68.3 Å². The van der Waals surface area contributed by atoms with Crippen LogP contribution in [0.4, 0.5) is 0 Å². The monoisotopic (exact) mass is 568 g/mol. The Balaban J connectivity index is 0.00000241. The Morgan fingerprint density at radius 2 is 1.81 bits per heavy atom. The van der Waals surface area contributed by atoms with Crippen molar-refractivity contribution in [3.05, 3.63) is 64.9 Å². The molecule has 37 heavy (non-hydrogen) atoms. The van der Waals surface area contributed by atoms with Gasteiger partial charge in [-0.05, 0) is 68.1 Å². The summed E-state index contributed by atoms with van der Waals surface area (Å²) in [5.74, 6) is 0.334. The van der Waals surface area contributed by atoms with Gasteiger partial charge in [-0.25, -0.2) is 0 Å². The number of piperidine rings is 1. The molecule has 0 radical (unpaired) electrons. The highest BCUT2D eigenvalue weighted by atomic mass is 35.5. The second kappa shape index (κ2) is 13.3. The normalized spacial score (nSPS) is 18.2. The maximum absolute atomic E-state index is 13.3. The zero-order chi connectivity index (χ0) is 25.1. The fourth-order valence-corrected chi connectivity index (χ4v) is 5.35. The maximum atomic E-state index is 13.3. The smallest absolute Gasteiger partial charge is 0.229 e. The number of nitrogens with one attached hydrogen (secondary N) is 1. The number of benzene rings is 1. The van der Waals surface area contributed by atoms with E-state index < -0.39 is 5.41 Å². The van der Waals surface area contributed by atoms with Gasteiger partial charge in [-0.3, -0.25) is 14.6 Å². The van der Waals surface area contributed by atoms with Crippen LogP contribution in [0.15, 0.2) is 48.8 Å². The van der Waals surface area contributed by atoms with Crippen LogP contribution in [0, 0.1) is 10.8 Å². The largest absolute Gasteiger partial charge is 0.349 e. The summed E-state index contributed by atoms with van der Waals surface area (Å²) in [7, 11) is 0. The molecule has 1 unspecified atom stereocenters. The molecule has 204 valence electrons. The Morgan fingerprint density at radius 1 is 1.11 bits per heavy atom. The minimum absolute atomic E-state index is 0. The molecule has 0 saturated carbocycles. The molecule has 4 rings (SSSR count). The zero-order valence-electron chi connectivity index (χ0n) is 21.9. The average Bonchev–Trinajstić information content (AvgIpc) is 3.12. The van der Waals surface area contributed by atoms with Crippen LogP contribution in [0.2, 0.25) is 5.02 Å². The number of amides is 2. The van der Waals surface area contributed by atoms with E-state index in [0.717, 1.165) is 63.0 Å². The van der Waals surface area contributed by atoms with E-state index in [-0.39, 0.29) is 42.2 Å². The summed E-state index contributed by atoms with van der Waals surface area (Å²) in [6, 6.07) is 11.6. The predicted octanol–water partition coefficient (Wildman–Crippen LogP) is 5.69. The fraction of sp³-hybridized carbons (Fsp3) is 0.536. The van der Waals surface area contributed by atoms with E-state index in [1.165, 1.54) is 0 Å². The molecule has 1 spiro atoms. The minimum atomic E-state index is -0.459. The molecule has 1 N–H and O–H groups in total. The van der Waals surface area contributed by atoms with Gasteiger partial charge >= 0.3 is 0 Å². The lowest BCUT2D eigenvalue weighted by atomic mass is 9.77. The van der Waals surface area contributed by atoms with Crippen LogP contribution in [0.3, 0.4) is 0 Å². The summed E-state index contributed by atoms with van der Waals surface area (Å²) in [4.78, 5) is 34.7. The van der Waals surface area contributed by atoms with Crippen LogP contribution >= 0.6 is 36.4 Å². The number of aromatic nitrogens is 1. The topological polar surface area (TPSA) is 65.5 Å². The van der Waals surface area contributed by atoms with Gasteiger partial charge < -0.3 is 15.1 Å². The highest BCUT2D eigenvalue weighted by Gasteiger charge is 2.47. The number of hydrogen-bond donors (Lipinski definition) is 1. The number of nitrogens with zero attached hydrogens (tertiary/aromatic N) is 3. The van der Waals surface area contributed by atoms with Crippen molar-refractivity contribution in [1.29, 1.82) is 0 Å². The summed E-state index contributed by atoms with van der Waals surface area (Å²) in [5.41, 5.74) is 1.44. The van der Waals surface area contributed by atoms with Gasteiger partial charge in [0.25, 0.3) is 0 Å². The number of halogens is 3. The summed E-state index contributed by atoms with van der Waals surface area (Å²) >= 11 is 6.25. The van der Waals surface area contributed by atoms with Gasteiger partial charge in [-0.15, -0.1) is 24.8 Å². The maximum Gasteiger partial charge on any atom is 0.229 e. The quantitative estimate of drug-likeness (QED) is 0.465. The molecule has 3 heterocycles. The molecular weight excluding hydrogens is 531 g/mol. The third-order valence-electron chi connectivity index (χ3n) is 7.48. The Bertz CT molecular complexity index is 1040.